The van der Waals surface area contributed by atoms with Crippen LogP contribution in [0.25, 0.3) is 10.9 Å². The fourth-order valence-corrected chi connectivity index (χ4v) is 2.84. The Labute approximate surface area is 152 Å². The molecule has 0 amide bonds. The summed E-state index contributed by atoms with van der Waals surface area (Å²) < 4.78 is 5.86. The highest BCUT2D eigenvalue weighted by molar-refractivity contribution is 5.91. The lowest BCUT2D eigenvalue weighted by Gasteiger charge is -2.30. The molecule has 6 nitrogen and oxygen atoms in total. The monoisotopic (exact) mass is 351 g/mol. The highest BCUT2D eigenvalue weighted by Gasteiger charge is 2.11. The summed E-state index contributed by atoms with van der Waals surface area (Å²) in [5, 5.41) is 9.98. The van der Waals surface area contributed by atoms with Gasteiger partial charge in [-0.1, -0.05) is 24.1 Å². The van der Waals surface area contributed by atoms with E-state index in [2.05, 4.69) is 26.9 Å². The van der Waals surface area contributed by atoms with Gasteiger partial charge in [-0.2, -0.15) is 0 Å². The average molecular weight is 351 g/mol. The van der Waals surface area contributed by atoms with Gasteiger partial charge in [-0.05, 0) is 18.6 Å². The number of aromatic carboxylic acids is 1. The van der Waals surface area contributed by atoms with Crippen LogP contribution in [0.15, 0.2) is 42.7 Å². The van der Waals surface area contributed by atoms with Crippen LogP contribution in [0.4, 0.5) is 0 Å². The van der Waals surface area contributed by atoms with Crippen LogP contribution >= 0.6 is 0 Å². The predicted octanol–water partition coefficient (Wildman–Crippen LogP) is 2.42. The number of ether oxygens (including phenoxy) is 1. The summed E-state index contributed by atoms with van der Waals surface area (Å²) in [6.45, 7) is 3.93. The topological polar surface area (TPSA) is 65.9 Å². The summed E-state index contributed by atoms with van der Waals surface area (Å²) in [7, 11) is 0. The van der Waals surface area contributed by atoms with Gasteiger partial charge in [-0.25, -0.2) is 9.78 Å². The zero-order valence-corrected chi connectivity index (χ0v) is 14.5. The van der Waals surface area contributed by atoms with Crippen LogP contribution in [0.1, 0.15) is 16.9 Å². The summed E-state index contributed by atoms with van der Waals surface area (Å²) in [4.78, 5) is 19.7. The van der Waals surface area contributed by atoms with E-state index in [9.17, 15) is 4.79 Å². The lowest BCUT2D eigenvalue weighted by molar-refractivity contribution is 0.0691. The van der Waals surface area contributed by atoms with Gasteiger partial charge in [0, 0.05) is 37.4 Å². The van der Waals surface area contributed by atoms with Crippen molar-refractivity contribution in [2.45, 2.75) is 6.42 Å². The Morgan fingerprint density at radius 2 is 2.04 bits per heavy atom. The molecule has 2 heterocycles. The van der Waals surface area contributed by atoms with Crippen LogP contribution in [0.3, 0.4) is 0 Å². The lowest BCUT2D eigenvalue weighted by Crippen LogP contribution is -2.35. The highest BCUT2D eigenvalue weighted by atomic mass is 16.5. The molecule has 1 aliphatic heterocycles. The number of nitrogens with zero attached hydrogens (tertiary/aromatic N) is 3. The van der Waals surface area contributed by atoms with E-state index in [-0.39, 0.29) is 5.69 Å². The third kappa shape index (κ3) is 4.25. The zero-order valence-electron chi connectivity index (χ0n) is 14.5. The Morgan fingerprint density at radius 3 is 2.77 bits per heavy atom. The SMILES string of the molecule is C#CCN1C=CN(CCCOc2cccc3ccc(C(=O)O)nc23)CC1. The van der Waals surface area contributed by atoms with Gasteiger partial charge < -0.3 is 19.6 Å². The van der Waals surface area contributed by atoms with Crippen molar-refractivity contribution in [3.05, 3.63) is 48.4 Å². The summed E-state index contributed by atoms with van der Waals surface area (Å²) in [5.41, 5.74) is 0.596. The van der Waals surface area contributed by atoms with Gasteiger partial charge in [-0.15, -0.1) is 6.42 Å². The summed E-state index contributed by atoms with van der Waals surface area (Å²) in [5.74, 6) is 2.21. The van der Waals surface area contributed by atoms with Crippen LogP contribution in [0.2, 0.25) is 0 Å². The van der Waals surface area contributed by atoms with E-state index in [0.717, 1.165) is 31.4 Å². The van der Waals surface area contributed by atoms with Crippen molar-refractivity contribution >= 4 is 16.9 Å². The van der Waals surface area contributed by atoms with Crippen LogP contribution in [0, 0.1) is 12.3 Å². The van der Waals surface area contributed by atoms with Crippen molar-refractivity contribution in [2.75, 3.05) is 32.8 Å². The maximum atomic E-state index is 11.1. The number of carboxylic acids is 1. The number of pyridine rings is 1. The standard InChI is InChI=1S/C20H21N3O3/c1-2-9-22-11-13-23(14-12-22)10-4-15-26-18-6-3-5-16-7-8-17(20(24)25)21-19(16)18/h1,3,5-8,11,13H,4,9-10,12,14-15H2,(H,24,25). The van der Waals surface area contributed by atoms with E-state index in [1.54, 1.807) is 6.07 Å². The number of benzene rings is 1. The third-order valence-electron chi connectivity index (χ3n) is 4.21. The highest BCUT2D eigenvalue weighted by Crippen LogP contribution is 2.24. The first kappa shape index (κ1) is 17.6. The van der Waals surface area contributed by atoms with Gasteiger partial charge in [0.1, 0.15) is 17.0 Å². The van der Waals surface area contributed by atoms with E-state index < -0.39 is 5.97 Å². The lowest BCUT2D eigenvalue weighted by atomic mass is 10.2. The molecule has 0 saturated heterocycles. The second-order valence-corrected chi connectivity index (χ2v) is 6.04. The molecule has 1 aliphatic rings. The number of aromatic nitrogens is 1. The van der Waals surface area contributed by atoms with E-state index >= 15 is 0 Å². The first-order valence-corrected chi connectivity index (χ1v) is 8.53. The van der Waals surface area contributed by atoms with E-state index in [1.165, 1.54) is 6.07 Å². The molecule has 2 aromatic rings. The fourth-order valence-electron chi connectivity index (χ4n) is 2.84. The number of carboxylic acid groups (broad SMARTS) is 1. The minimum Gasteiger partial charge on any atom is -0.491 e. The number of hydrogen-bond acceptors (Lipinski definition) is 5. The van der Waals surface area contributed by atoms with Gasteiger partial charge in [-0.3, -0.25) is 0 Å². The second-order valence-electron chi connectivity index (χ2n) is 6.04. The molecular weight excluding hydrogens is 330 g/mol. The maximum Gasteiger partial charge on any atom is 0.354 e. The number of fused-ring (bicyclic) bond motifs is 1. The van der Waals surface area contributed by atoms with Crippen LogP contribution in [0.5, 0.6) is 5.75 Å². The molecule has 0 saturated carbocycles. The Balaban J connectivity index is 1.55. The van der Waals surface area contributed by atoms with E-state index in [1.807, 2.05) is 24.4 Å². The van der Waals surface area contributed by atoms with Crippen LogP contribution in [-0.4, -0.2) is 58.6 Å². The number of hydrogen-bond donors (Lipinski definition) is 1. The molecule has 0 atom stereocenters. The van der Waals surface area contributed by atoms with Gasteiger partial charge in [0.25, 0.3) is 0 Å². The van der Waals surface area contributed by atoms with Crippen LogP contribution in [-0.2, 0) is 0 Å². The first-order chi connectivity index (χ1) is 12.7. The normalized spacial score (nSPS) is 13.7. The van der Waals surface area contributed by atoms with Crippen molar-refractivity contribution in [2.24, 2.45) is 0 Å². The van der Waals surface area contributed by atoms with Crippen LogP contribution < -0.4 is 4.74 Å². The Kier molecular flexibility index (Phi) is 5.59. The minimum atomic E-state index is -1.04. The number of para-hydroxylation sites is 1. The Hall–Kier alpha value is -3.20. The van der Waals surface area contributed by atoms with Crippen molar-refractivity contribution < 1.29 is 14.6 Å². The molecule has 1 N–H and O–H groups in total. The molecule has 0 aliphatic carbocycles. The van der Waals surface area contributed by atoms with E-state index in [4.69, 9.17) is 16.3 Å². The molecule has 0 fully saturated rings. The zero-order chi connectivity index (χ0) is 18.4. The Morgan fingerprint density at radius 1 is 1.23 bits per heavy atom. The largest absolute Gasteiger partial charge is 0.491 e. The number of terminal acetylenes is 1. The molecule has 26 heavy (non-hydrogen) atoms. The summed E-state index contributed by atoms with van der Waals surface area (Å²) in [6, 6.07) is 8.84. The first-order valence-electron chi connectivity index (χ1n) is 8.53. The molecule has 3 rings (SSSR count). The molecule has 0 spiro atoms. The third-order valence-corrected chi connectivity index (χ3v) is 4.21. The maximum absolute atomic E-state index is 11.1. The van der Waals surface area contributed by atoms with Crippen molar-refractivity contribution in [3.8, 4) is 18.1 Å². The van der Waals surface area contributed by atoms with Crippen molar-refractivity contribution in [3.63, 3.8) is 0 Å². The smallest absolute Gasteiger partial charge is 0.354 e. The van der Waals surface area contributed by atoms with Gasteiger partial charge >= 0.3 is 5.97 Å². The van der Waals surface area contributed by atoms with Crippen molar-refractivity contribution in [1.29, 1.82) is 0 Å². The fraction of sp³-hybridized carbons (Fsp3) is 0.300. The number of rotatable bonds is 7. The summed E-state index contributed by atoms with van der Waals surface area (Å²) in [6.07, 6.45) is 10.3. The molecule has 1 aromatic heterocycles. The molecular formula is C20H21N3O3. The average Bonchev–Trinajstić information content (AvgIpc) is 2.66. The molecule has 0 unspecified atom stereocenters. The molecule has 0 radical (unpaired) electrons. The van der Waals surface area contributed by atoms with Crippen molar-refractivity contribution in [1.82, 2.24) is 14.8 Å². The van der Waals surface area contributed by atoms with Gasteiger partial charge in [0.15, 0.2) is 0 Å². The predicted molar refractivity (Wildman–Crippen MR) is 99.9 cm³/mol. The molecule has 0 bridgehead atoms. The minimum absolute atomic E-state index is 0.0172. The molecule has 1 aromatic carbocycles. The summed E-state index contributed by atoms with van der Waals surface area (Å²) >= 11 is 0. The quantitative estimate of drug-likeness (QED) is 0.610. The molecule has 6 heteroatoms. The van der Waals surface area contributed by atoms with E-state index in [0.29, 0.717) is 24.4 Å². The molecule has 134 valence electrons. The van der Waals surface area contributed by atoms with Gasteiger partial charge in [0.2, 0.25) is 0 Å². The second kappa shape index (κ2) is 8.26. The van der Waals surface area contributed by atoms with Gasteiger partial charge in [0.05, 0.1) is 13.2 Å². The Bertz CT molecular complexity index is 857. The number of carbonyl (C=O) groups is 1.